The fourth-order valence-electron chi connectivity index (χ4n) is 3.98. The number of aromatic nitrogens is 5. The third-order valence-corrected chi connectivity index (χ3v) is 5.59. The summed E-state index contributed by atoms with van der Waals surface area (Å²) in [6, 6.07) is 13.3. The molecule has 5 rings (SSSR count). The van der Waals surface area contributed by atoms with Gasteiger partial charge in [-0.1, -0.05) is 6.07 Å². The van der Waals surface area contributed by atoms with Gasteiger partial charge < -0.3 is 14.0 Å². The molecule has 0 amide bonds. The SMILES string of the molecule is CCOc1ncc2cc(-c3ccc4ncn(CC)c4c3)c(=O)n(-c3ccc(OC(F)F)cc3)c2n1. The Bertz CT molecular complexity index is 1580. The van der Waals surface area contributed by atoms with Crippen LogP contribution in [0.4, 0.5) is 8.78 Å². The standard InChI is InChI=1S/C25H21F2N5O3/c1-3-31-14-29-20-10-5-15(12-21(20)31)19-11-16-13-28-25(34-4-2)30-22(16)32(23(19)33)17-6-8-18(9-7-17)35-24(26)27/h5-14,24H,3-4H2,1-2H3. The van der Waals surface area contributed by atoms with Gasteiger partial charge in [-0.2, -0.15) is 13.8 Å². The van der Waals surface area contributed by atoms with Crippen LogP contribution in [0.15, 0.2) is 65.8 Å². The summed E-state index contributed by atoms with van der Waals surface area (Å²) >= 11 is 0. The Labute approximate surface area is 198 Å². The maximum Gasteiger partial charge on any atom is 0.387 e. The first-order valence-electron chi connectivity index (χ1n) is 11.0. The summed E-state index contributed by atoms with van der Waals surface area (Å²) in [6.45, 7) is 1.98. The molecule has 10 heteroatoms. The van der Waals surface area contributed by atoms with Crippen molar-refractivity contribution in [1.29, 1.82) is 0 Å². The van der Waals surface area contributed by atoms with Crippen molar-refractivity contribution in [1.82, 2.24) is 24.1 Å². The number of nitrogens with zero attached hydrogens (tertiary/aromatic N) is 5. The molecule has 5 aromatic rings. The maximum absolute atomic E-state index is 13.8. The molecule has 0 unspecified atom stereocenters. The molecule has 0 aliphatic rings. The van der Waals surface area contributed by atoms with E-state index in [0.717, 1.165) is 17.6 Å². The van der Waals surface area contributed by atoms with Crippen molar-refractivity contribution in [3.63, 3.8) is 0 Å². The van der Waals surface area contributed by atoms with Crippen LogP contribution in [0.3, 0.4) is 0 Å². The van der Waals surface area contributed by atoms with Gasteiger partial charge in [-0.3, -0.25) is 9.36 Å². The minimum atomic E-state index is -2.94. The Kier molecular flexibility index (Phi) is 5.86. The Balaban J connectivity index is 1.74. The number of benzene rings is 2. The lowest BCUT2D eigenvalue weighted by atomic mass is 10.0. The maximum atomic E-state index is 13.8. The average Bonchev–Trinajstić information content (AvgIpc) is 3.27. The normalized spacial score (nSPS) is 11.5. The van der Waals surface area contributed by atoms with E-state index in [0.29, 0.717) is 34.5 Å². The van der Waals surface area contributed by atoms with E-state index < -0.39 is 6.61 Å². The Morgan fingerprint density at radius 2 is 1.83 bits per heavy atom. The number of ether oxygens (including phenoxy) is 2. The molecule has 0 bridgehead atoms. The number of hydrogen-bond acceptors (Lipinski definition) is 6. The molecule has 0 atom stereocenters. The zero-order chi connectivity index (χ0) is 24.5. The molecule has 0 spiro atoms. The number of halogens is 2. The van der Waals surface area contributed by atoms with Gasteiger partial charge in [-0.25, -0.2) is 9.97 Å². The first-order chi connectivity index (χ1) is 17.0. The smallest absolute Gasteiger partial charge is 0.387 e. The highest BCUT2D eigenvalue weighted by atomic mass is 19.3. The van der Waals surface area contributed by atoms with Crippen molar-refractivity contribution in [3.8, 4) is 28.6 Å². The van der Waals surface area contributed by atoms with Crippen molar-refractivity contribution in [3.05, 3.63) is 71.4 Å². The number of fused-ring (bicyclic) bond motifs is 2. The fourth-order valence-corrected chi connectivity index (χ4v) is 3.98. The second kappa shape index (κ2) is 9.13. The van der Waals surface area contributed by atoms with Crippen LogP contribution in [0.1, 0.15) is 13.8 Å². The minimum Gasteiger partial charge on any atom is -0.464 e. The molecule has 3 heterocycles. The summed E-state index contributed by atoms with van der Waals surface area (Å²) in [5.41, 5.74) is 3.32. The van der Waals surface area contributed by atoms with Gasteiger partial charge in [0.2, 0.25) is 0 Å². The van der Waals surface area contributed by atoms with Gasteiger partial charge in [0.25, 0.3) is 5.56 Å². The van der Waals surface area contributed by atoms with Crippen LogP contribution in [0.5, 0.6) is 11.8 Å². The molecule has 8 nitrogen and oxygen atoms in total. The van der Waals surface area contributed by atoms with E-state index in [2.05, 4.69) is 19.7 Å². The van der Waals surface area contributed by atoms with Gasteiger partial charge >= 0.3 is 12.6 Å². The predicted octanol–water partition coefficient (Wildman–Crippen LogP) is 4.82. The van der Waals surface area contributed by atoms with Crippen LogP contribution in [0.2, 0.25) is 0 Å². The highest BCUT2D eigenvalue weighted by Crippen LogP contribution is 2.27. The number of imidazole rings is 1. The average molecular weight is 477 g/mol. The number of pyridine rings is 1. The molecule has 0 N–H and O–H groups in total. The highest BCUT2D eigenvalue weighted by Gasteiger charge is 2.17. The molecule has 0 saturated heterocycles. The van der Waals surface area contributed by atoms with E-state index in [1.54, 1.807) is 18.6 Å². The van der Waals surface area contributed by atoms with E-state index >= 15 is 0 Å². The van der Waals surface area contributed by atoms with E-state index in [9.17, 15) is 13.6 Å². The van der Waals surface area contributed by atoms with Crippen molar-refractivity contribution in [2.75, 3.05) is 6.61 Å². The number of aryl methyl sites for hydroxylation is 1. The van der Waals surface area contributed by atoms with Crippen molar-refractivity contribution >= 4 is 22.1 Å². The summed E-state index contributed by atoms with van der Waals surface area (Å²) in [4.78, 5) is 26.9. The molecule has 0 aliphatic carbocycles. The first-order valence-corrected chi connectivity index (χ1v) is 11.0. The predicted molar refractivity (Wildman–Crippen MR) is 127 cm³/mol. The van der Waals surface area contributed by atoms with Crippen LogP contribution in [-0.2, 0) is 6.54 Å². The molecule has 0 fully saturated rings. The summed E-state index contributed by atoms with van der Waals surface area (Å²) in [6.07, 6.45) is 3.36. The molecule has 0 radical (unpaired) electrons. The van der Waals surface area contributed by atoms with E-state index in [1.165, 1.54) is 28.8 Å². The Hall–Kier alpha value is -4.34. The third kappa shape index (κ3) is 4.18. The van der Waals surface area contributed by atoms with Crippen LogP contribution in [0.25, 0.3) is 38.9 Å². The van der Waals surface area contributed by atoms with Gasteiger partial charge in [0.15, 0.2) is 5.65 Å². The fraction of sp³-hybridized carbons (Fsp3) is 0.200. The molecule has 35 heavy (non-hydrogen) atoms. The zero-order valence-corrected chi connectivity index (χ0v) is 19.0. The summed E-state index contributed by atoms with van der Waals surface area (Å²) < 4.78 is 38.5. The van der Waals surface area contributed by atoms with Gasteiger partial charge in [0, 0.05) is 23.7 Å². The molecule has 178 valence electrons. The van der Waals surface area contributed by atoms with Gasteiger partial charge in [0.1, 0.15) is 5.75 Å². The van der Waals surface area contributed by atoms with Gasteiger partial charge in [-0.15, -0.1) is 0 Å². The third-order valence-electron chi connectivity index (χ3n) is 5.59. The zero-order valence-electron chi connectivity index (χ0n) is 19.0. The quantitative estimate of drug-likeness (QED) is 0.334. The van der Waals surface area contributed by atoms with Crippen molar-refractivity contribution in [2.24, 2.45) is 0 Å². The Morgan fingerprint density at radius 3 is 2.54 bits per heavy atom. The lowest BCUT2D eigenvalue weighted by Gasteiger charge is -2.14. The molecule has 2 aromatic carbocycles. The lowest BCUT2D eigenvalue weighted by molar-refractivity contribution is -0.0498. The summed E-state index contributed by atoms with van der Waals surface area (Å²) in [5, 5.41) is 0.611. The monoisotopic (exact) mass is 477 g/mol. The highest BCUT2D eigenvalue weighted by molar-refractivity contribution is 5.86. The van der Waals surface area contributed by atoms with E-state index in [4.69, 9.17) is 4.74 Å². The molecular formula is C25H21F2N5O3. The van der Waals surface area contributed by atoms with Crippen LogP contribution >= 0.6 is 0 Å². The van der Waals surface area contributed by atoms with Gasteiger partial charge in [-0.05, 0) is 61.9 Å². The summed E-state index contributed by atoms with van der Waals surface area (Å²) in [7, 11) is 0. The molecule has 3 aromatic heterocycles. The number of rotatable bonds is 7. The minimum absolute atomic E-state index is 0.0137. The lowest BCUT2D eigenvalue weighted by Crippen LogP contribution is -2.21. The van der Waals surface area contributed by atoms with E-state index in [1.807, 2.05) is 36.6 Å². The molecule has 0 aliphatic heterocycles. The number of alkyl halides is 2. The first kappa shape index (κ1) is 22.5. The van der Waals surface area contributed by atoms with Crippen LogP contribution in [0, 0.1) is 0 Å². The number of hydrogen-bond donors (Lipinski definition) is 0. The van der Waals surface area contributed by atoms with Crippen molar-refractivity contribution in [2.45, 2.75) is 27.0 Å². The van der Waals surface area contributed by atoms with E-state index in [-0.39, 0.29) is 17.3 Å². The largest absolute Gasteiger partial charge is 0.464 e. The molecular weight excluding hydrogens is 456 g/mol. The second-order valence-corrected chi connectivity index (χ2v) is 7.67. The summed E-state index contributed by atoms with van der Waals surface area (Å²) in [5.74, 6) is -0.0137. The van der Waals surface area contributed by atoms with Crippen LogP contribution < -0.4 is 15.0 Å². The second-order valence-electron chi connectivity index (χ2n) is 7.67. The molecule has 0 saturated carbocycles. The Morgan fingerprint density at radius 1 is 1.03 bits per heavy atom. The topological polar surface area (TPSA) is 84.1 Å². The van der Waals surface area contributed by atoms with Crippen molar-refractivity contribution < 1.29 is 18.3 Å². The van der Waals surface area contributed by atoms with Crippen LogP contribution in [-0.4, -0.2) is 37.3 Å². The van der Waals surface area contributed by atoms with Gasteiger partial charge in [0.05, 0.1) is 29.7 Å².